The second-order valence-electron chi connectivity index (χ2n) is 13.2. The van der Waals surface area contributed by atoms with Crippen LogP contribution in [0.2, 0.25) is 0 Å². The van der Waals surface area contributed by atoms with Gasteiger partial charge in [-0.2, -0.15) is 0 Å². The van der Waals surface area contributed by atoms with Crippen molar-refractivity contribution in [2.75, 3.05) is 26.4 Å². The molecule has 0 bridgehead atoms. The van der Waals surface area contributed by atoms with Crippen LogP contribution in [0.15, 0.2) is 48.6 Å². The van der Waals surface area contributed by atoms with E-state index in [0.29, 0.717) is 19.3 Å². The van der Waals surface area contributed by atoms with E-state index in [1.165, 1.54) is 25.7 Å². The number of rotatable bonds is 37. The Morgan fingerprint density at radius 3 is 1.81 bits per heavy atom. The van der Waals surface area contributed by atoms with Gasteiger partial charge >= 0.3 is 19.8 Å². The van der Waals surface area contributed by atoms with Crippen LogP contribution in [0.25, 0.3) is 0 Å². The highest BCUT2D eigenvalue weighted by atomic mass is 31.2. The molecule has 11 heteroatoms. The number of carbonyl (C=O) groups excluding carboxylic acids is 3. The monoisotopic (exact) mass is 753 g/mol. The SMILES string of the molecule is CCCCC/C=C\C/C=C\CCCCCCCC(=O)OC[C@H](COP(=O)(O)OCCN)OC(=O)CCCCCCC/C=C\C=C\C(=O)CCCCC. The molecule has 0 fully saturated rings. The van der Waals surface area contributed by atoms with Gasteiger partial charge in [-0.05, 0) is 70.3 Å². The standard InChI is InChI=1S/C41H72NO9P/c1-3-5-7-8-9-10-11-12-13-14-15-18-21-24-28-32-40(44)48-36-39(37-50-52(46,47)49-35-34-42)51-41(45)33-29-25-22-19-16-17-20-23-27-31-38(43)30-26-6-4-2/h9-10,12-13,20,23,27,31,39H,3-8,11,14-19,21-22,24-26,28-30,32-37,42H2,1-2H3,(H,46,47)/b10-9-,13-12-,23-20-,31-27+/t39-/m1/s1. The maximum absolute atomic E-state index is 12.5. The second kappa shape index (κ2) is 37.0. The zero-order valence-electron chi connectivity index (χ0n) is 32.5. The quantitative estimate of drug-likeness (QED) is 0.0157. The van der Waals surface area contributed by atoms with Gasteiger partial charge in [-0.3, -0.25) is 23.4 Å². The van der Waals surface area contributed by atoms with Crippen LogP contribution in [-0.4, -0.2) is 55.1 Å². The highest BCUT2D eigenvalue weighted by molar-refractivity contribution is 7.47. The first-order valence-electron chi connectivity index (χ1n) is 20.1. The van der Waals surface area contributed by atoms with Crippen LogP contribution < -0.4 is 5.73 Å². The minimum Gasteiger partial charge on any atom is -0.462 e. The second-order valence-corrected chi connectivity index (χ2v) is 14.6. The smallest absolute Gasteiger partial charge is 0.462 e. The van der Waals surface area contributed by atoms with E-state index in [4.69, 9.17) is 24.3 Å². The first-order valence-corrected chi connectivity index (χ1v) is 21.6. The summed E-state index contributed by atoms with van der Waals surface area (Å²) in [6.07, 6.45) is 36.9. The van der Waals surface area contributed by atoms with Crippen LogP contribution in [0, 0.1) is 0 Å². The van der Waals surface area contributed by atoms with Gasteiger partial charge in [-0.1, -0.05) is 121 Å². The van der Waals surface area contributed by atoms with Crippen molar-refractivity contribution in [3.05, 3.63) is 48.6 Å². The summed E-state index contributed by atoms with van der Waals surface area (Å²) in [5.41, 5.74) is 5.33. The average Bonchev–Trinajstić information content (AvgIpc) is 3.12. The third-order valence-electron chi connectivity index (χ3n) is 8.16. The Morgan fingerprint density at radius 2 is 1.17 bits per heavy atom. The van der Waals surface area contributed by atoms with Gasteiger partial charge in [0.1, 0.15) is 6.61 Å². The van der Waals surface area contributed by atoms with Gasteiger partial charge in [0.25, 0.3) is 0 Å². The number of phosphoric acid groups is 1. The lowest BCUT2D eigenvalue weighted by atomic mass is 10.1. The molecule has 0 aromatic carbocycles. The van der Waals surface area contributed by atoms with Crippen LogP contribution >= 0.6 is 7.82 Å². The van der Waals surface area contributed by atoms with Crippen LogP contribution in [0.3, 0.4) is 0 Å². The largest absolute Gasteiger partial charge is 0.472 e. The van der Waals surface area contributed by atoms with Crippen molar-refractivity contribution in [1.29, 1.82) is 0 Å². The molecule has 2 atom stereocenters. The molecule has 0 saturated carbocycles. The average molecular weight is 754 g/mol. The molecule has 52 heavy (non-hydrogen) atoms. The van der Waals surface area contributed by atoms with Crippen LogP contribution in [0.4, 0.5) is 0 Å². The number of hydrogen-bond donors (Lipinski definition) is 2. The number of hydrogen-bond acceptors (Lipinski definition) is 9. The number of esters is 2. The highest BCUT2D eigenvalue weighted by Gasteiger charge is 2.26. The number of ketones is 1. The molecule has 3 N–H and O–H groups in total. The van der Waals surface area contributed by atoms with Crippen molar-refractivity contribution in [3.8, 4) is 0 Å². The van der Waals surface area contributed by atoms with Crippen LogP contribution in [-0.2, 0) is 37.5 Å². The van der Waals surface area contributed by atoms with Crippen molar-refractivity contribution < 1.29 is 42.4 Å². The number of ether oxygens (including phenoxy) is 2. The van der Waals surface area contributed by atoms with Crippen molar-refractivity contribution in [3.63, 3.8) is 0 Å². The van der Waals surface area contributed by atoms with Gasteiger partial charge in [0.05, 0.1) is 13.2 Å². The van der Waals surface area contributed by atoms with Gasteiger partial charge in [0.2, 0.25) is 0 Å². The van der Waals surface area contributed by atoms with Crippen molar-refractivity contribution in [1.82, 2.24) is 0 Å². The van der Waals surface area contributed by atoms with E-state index in [1.807, 2.05) is 12.2 Å². The predicted octanol–water partition coefficient (Wildman–Crippen LogP) is 10.3. The molecular weight excluding hydrogens is 681 g/mol. The summed E-state index contributed by atoms with van der Waals surface area (Å²) in [4.78, 5) is 46.5. The van der Waals surface area contributed by atoms with Gasteiger partial charge in [-0.15, -0.1) is 0 Å². The molecule has 300 valence electrons. The Kier molecular flexibility index (Phi) is 35.3. The van der Waals surface area contributed by atoms with E-state index in [1.54, 1.807) is 6.08 Å². The van der Waals surface area contributed by atoms with Gasteiger partial charge in [0.15, 0.2) is 11.9 Å². The molecular formula is C41H72NO9P. The first kappa shape index (κ1) is 49.6. The number of phosphoric ester groups is 1. The zero-order chi connectivity index (χ0) is 38.4. The number of allylic oxidation sites excluding steroid dienone is 8. The van der Waals surface area contributed by atoms with Gasteiger partial charge in [-0.25, -0.2) is 4.57 Å². The number of unbranched alkanes of at least 4 members (excludes halogenated alkanes) is 15. The molecule has 0 amide bonds. The molecule has 0 heterocycles. The lowest BCUT2D eigenvalue weighted by Gasteiger charge is -2.19. The van der Waals surface area contributed by atoms with Crippen molar-refractivity contribution >= 4 is 25.5 Å². The van der Waals surface area contributed by atoms with Crippen molar-refractivity contribution in [2.24, 2.45) is 5.73 Å². The Balaban J connectivity index is 4.30. The zero-order valence-corrected chi connectivity index (χ0v) is 33.4. The summed E-state index contributed by atoms with van der Waals surface area (Å²) in [7, 11) is -4.40. The topological polar surface area (TPSA) is 151 Å². The molecule has 10 nitrogen and oxygen atoms in total. The minimum absolute atomic E-state index is 0.0353. The summed E-state index contributed by atoms with van der Waals surface area (Å²) < 4.78 is 32.6. The Bertz CT molecular complexity index is 1060. The van der Waals surface area contributed by atoms with E-state index >= 15 is 0 Å². The fourth-order valence-electron chi connectivity index (χ4n) is 5.11. The molecule has 0 spiro atoms. The third-order valence-corrected chi connectivity index (χ3v) is 9.15. The predicted molar refractivity (Wildman–Crippen MR) is 211 cm³/mol. The van der Waals surface area contributed by atoms with E-state index in [0.717, 1.165) is 89.9 Å². The summed E-state index contributed by atoms with van der Waals surface area (Å²) >= 11 is 0. The fraction of sp³-hybridized carbons (Fsp3) is 0.732. The summed E-state index contributed by atoms with van der Waals surface area (Å²) in [6, 6.07) is 0. The third kappa shape index (κ3) is 36.0. The molecule has 0 aromatic heterocycles. The Labute approximate surface area is 315 Å². The Morgan fingerprint density at radius 1 is 0.635 bits per heavy atom. The molecule has 0 aliphatic rings. The van der Waals surface area contributed by atoms with E-state index in [-0.39, 0.29) is 38.4 Å². The van der Waals surface area contributed by atoms with Crippen LogP contribution in [0.1, 0.15) is 162 Å². The van der Waals surface area contributed by atoms with E-state index in [9.17, 15) is 23.8 Å². The fourth-order valence-corrected chi connectivity index (χ4v) is 5.88. The summed E-state index contributed by atoms with van der Waals surface area (Å²) in [6.45, 7) is 3.46. The minimum atomic E-state index is -4.40. The van der Waals surface area contributed by atoms with Crippen molar-refractivity contribution in [2.45, 2.75) is 168 Å². The number of nitrogens with two attached hydrogens (primary N) is 1. The molecule has 1 unspecified atom stereocenters. The molecule has 0 rings (SSSR count). The first-order chi connectivity index (χ1) is 25.2. The maximum atomic E-state index is 12.5. The molecule has 0 saturated heterocycles. The number of carbonyl (C=O) groups is 3. The highest BCUT2D eigenvalue weighted by Crippen LogP contribution is 2.43. The van der Waals surface area contributed by atoms with Crippen LogP contribution in [0.5, 0.6) is 0 Å². The lowest BCUT2D eigenvalue weighted by molar-refractivity contribution is -0.161. The summed E-state index contributed by atoms with van der Waals surface area (Å²) in [5.74, 6) is -0.739. The maximum Gasteiger partial charge on any atom is 0.472 e. The molecule has 0 aliphatic heterocycles. The van der Waals surface area contributed by atoms with Gasteiger partial charge in [0, 0.05) is 25.8 Å². The normalized spacial score (nSPS) is 13.8. The van der Waals surface area contributed by atoms with E-state index in [2.05, 4.69) is 44.2 Å². The molecule has 0 radical (unpaired) electrons. The molecule has 0 aliphatic carbocycles. The van der Waals surface area contributed by atoms with E-state index < -0.39 is 32.5 Å². The van der Waals surface area contributed by atoms with Gasteiger partial charge < -0.3 is 20.1 Å². The lowest BCUT2D eigenvalue weighted by Crippen LogP contribution is -2.29. The Hall–Kier alpha value is -2.36. The molecule has 0 aromatic rings. The summed E-state index contributed by atoms with van der Waals surface area (Å²) in [5, 5.41) is 0.